The van der Waals surface area contributed by atoms with Crippen molar-refractivity contribution in [3.8, 4) is 0 Å². The van der Waals surface area contributed by atoms with E-state index in [1.165, 1.54) is 32.1 Å². The SMILES string of the molecule is C1=CC2CC[C@H](CCC3CCC4CCCCC43)C2C=C1. The molecule has 0 spiro atoms. The smallest absolute Gasteiger partial charge is 0.0139 e. The fourth-order valence-corrected chi connectivity index (χ4v) is 6.05. The molecule has 4 aliphatic carbocycles. The topological polar surface area (TPSA) is 0 Å². The van der Waals surface area contributed by atoms with Crippen LogP contribution < -0.4 is 0 Å². The summed E-state index contributed by atoms with van der Waals surface area (Å²) in [6.07, 6.45) is 24.9. The normalized spacial score (nSPS) is 46.4. The third-order valence-corrected chi connectivity index (χ3v) is 7.10. The Morgan fingerprint density at radius 2 is 1.50 bits per heavy atom. The van der Waals surface area contributed by atoms with Crippen molar-refractivity contribution in [1.29, 1.82) is 0 Å². The van der Waals surface area contributed by atoms with Gasteiger partial charge in [-0.1, -0.05) is 43.6 Å². The molecule has 20 heavy (non-hydrogen) atoms. The molecule has 0 aromatic carbocycles. The molecule has 0 saturated heterocycles. The first-order valence-electron chi connectivity index (χ1n) is 9.27. The number of rotatable bonds is 3. The summed E-state index contributed by atoms with van der Waals surface area (Å²) in [6, 6.07) is 0. The lowest BCUT2D eigenvalue weighted by atomic mass is 9.75. The minimum absolute atomic E-state index is 0.885. The Labute approximate surface area is 124 Å². The molecule has 0 nitrogen and oxygen atoms in total. The zero-order chi connectivity index (χ0) is 13.4. The highest BCUT2D eigenvalue weighted by Gasteiger charge is 2.39. The Morgan fingerprint density at radius 1 is 0.700 bits per heavy atom. The molecule has 0 aliphatic heterocycles. The minimum atomic E-state index is 0.885. The van der Waals surface area contributed by atoms with Gasteiger partial charge in [0, 0.05) is 0 Å². The summed E-state index contributed by atoms with van der Waals surface area (Å²) in [6.45, 7) is 0. The lowest BCUT2D eigenvalue weighted by molar-refractivity contribution is 0.209. The molecule has 0 amide bonds. The van der Waals surface area contributed by atoms with Crippen molar-refractivity contribution >= 4 is 0 Å². The molecule has 0 N–H and O–H groups in total. The first kappa shape index (κ1) is 13.2. The molecule has 3 saturated carbocycles. The number of fused-ring (bicyclic) bond motifs is 2. The first-order chi connectivity index (χ1) is 9.92. The van der Waals surface area contributed by atoms with Gasteiger partial charge in [-0.2, -0.15) is 0 Å². The molecule has 0 heterocycles. The van der Waals surface area contributed by atoms with Crippen LogP contribution in [0.1, 0.15) is 64.2 Å². The second kappa shape index (κ2) is 5.70. The second-order valence-electron chi connectivity index (χ2n) is 7.97. The van der Waals surface area contributed by atoms with Gasteiger partial charge in [-0.15, -0.1) is 0 Å². The molecule has 4 aliphatic rings. The number of hydrogen-bond acceptors (Lipinski definition) is 0. The second-order valence-corrected chi connectivity index (χ2v) is 7.97. The van der Waals surface area contributed by atoms with Crippen LogP contribution in [-0.2, 0) is 0 Å². The van der Waals surface area contributed by atoms with Crippen LogP contribution in [0.15, 0.2) is 24.3 Å². The molecule has 110 valence electrons. The van der Waals surface area contributed by atoms with Crippen LogP contribution in [0.25, 0.3) is 0 Å². The Balaban J connectivity index is 1.32. The van der Waals surface area contributed by atoms with E-state index >= 15 is 0 Å². The Bertz CT molecular complexity index is 391. The van der Waals surface area contributed by atoms with E-state index in [0.717, 1.165) is 35.5 Å². The molecule has 0 bridgehead atoms. The maximum atomic E-state index is 2.51. The highest BCUT2D eigenvalue weighted by atomic mass is 14.4. The van der Waals surface area contributed by atoms with Crippen LogP contribution in [-0.4, -0.2) is 0 Å². The number of hydrogen-bond donors (Lipinski definition) is 0. The van der Waals surface area contributed by atoms with E-state index < -0.39 is 0 Å². The maximum Gasteiger partial charge on any atom is -0.0139 e. The van der Waals surface area contributed by atoms with E-state index in [1.54, 1.807) is 32.1 Å². The zero-order valence-electron chi connectivity index (χ0n) is 12.8. The molecule has 5 unspecified atom stereocenters. The summed E-state index contributed by atoms with van der Waals surface area (Å²) in [7, 11) is 0. The van der Waals surface area contributed by atoms with Crippen molar-refractivity contribution in [3.63, 3.8) is 0 Å². The summed E-state index contributed by atoms with van der Waals surface area (Å²) >= 11 is 0. The van der Waals surface area contributed by atoms with Crippen LogP contribution in [0.4, 0.5) is 0 Å². The minimum Gasteiger partial charge on any atom is -0.0808 e. The molecule has 0 aromatic heterocycles. The van der Waals surface area contributed by atoms with Gasteiger partial charge in [0.25, 0.3) is 0 Å². The fraction of sp³-hybridized carbons (Fsp3) is 0.800. The molecule has 0 aromatic rings. The van der Waals surface area contributed by atoms with Gasteiger partial charge in [0.05, 0.1) is 0 Å². The summed E-state index contributed by atoms with van der Waals surface area (Å²) in [5.41, 5.74) is 0. The quantitative estimate of drug-likeness (QED) is 0.612. The zero-order valence-corrected chi connectivity index (χ0v) is 12.8. The summed E-state index contributed by atoms with van der Waals surface area (Å²) in [5.74, 6) is 6.14. The molecular formula is C20H30. The lowest BCUT2D eigenvalue weighted by Gasteiger charge is -2.30. The van der Waals surface area contributed by atoms with Gasteiger partial charge in [-0.05, 0) is 80.5 Å². The first-order valence-corrected chi connectivity index (χ1v) is 9.27. The van der Waals surface area contributed by atoms with E-state index in [0.29, 0.717) is 0 Å². The fourth-order valence-electron chi connectivity index (χ4n) is 6.05. The van der Waals surface area contributed by atoms with Crippen molar-refractivity contribution < 1.29 is 0 Å². The summed E-state index contributed by atoms with van der Waals surface area (Å²) in [5, 5.41) is 0. The van der Waals surface area contributed by atoms with Crippen LogP contribution in [0.2, 0.25) is 0 Å². The third-order valence-electron chi connectivity index (χ3n) is 7.10. The molecular weight excluding hydrogens is 240 g/mol. The van der Waals surface area contributed by atoms with Gasteiger partial charge in [-0.25, -0.2) is 0 Å². The monoisotopic (exact) mass is 270 g/mol. The van der Waals surface area contributed by atoms with E-state index in [2.05, 4.69) is 24.3 Å². The van der Waals surface area contributed by atoms with Gasteiger partial charge in [-0.3, -0.25) is 0 Å². The van der Waals surface area contributed by atoms with Crippen molar-refractivity contribution in [2.24, 2.45) is 35.5 Å². The Hall–Kier alpha value is -0.520. The number of allylic oxidation sites excluding steroid dienone is 4. The van der Waals surface area contributed by atoms with E-state index in [-0.39, 0.29) is 0 Å². The van der Waals surface area contributed by atoms with Crippen LogP contribution in [0.3, 0.4) is 0 Å². The lowest BCUT2D eigenvalue weighted by Crippen LogP contribution is -2.20. The van der Waals surface area contributed by atoms with Crippen molar-refractivity contribution in [1.82, 2.24) is 0 Å². The van der Waals surface area contributed by atoms with Crippen LogP contribution >= 0.6 is 0 Å². The third kappa shape index (κ3) is 2.40. The summed E-state index contributed by atoms with van der Waals surface area (Å²) < 4.78 is 0. The van der Waals surface area contributed by atoms with Gasteiger partial charge < -0.3 is 0 Å². The van der Waals surface area contributed by atoms with Gasteiger partial charge in [0.15, 0.2) is 0 Å². The van der Waals surface area contributed by atoms with E-state index in [4.69, 9.17) is 0 Å². The highest BCUT2D eigenvalue weighted by molar-refractivity contribution is 5.17. The maximum absolute atomic E-state index is 2.51. The van der Waals surface area contributed by atoms with Crippen molar-refractivity contribution in [2.75, 3.05) is 0 Å². The highest BCUT2D eigenvalue weighted by Crippen LogP contribution is 2.49. The van der Waals surface area contributed by atoms with Crippen molar-refractivity contribution in [2.45, 2.75) is 64.2 Å². The molecule has 3 fully saturated rings. The van der Waals surface area contributed by atoms with Gasteiger partial charge in [0.1, 0.15) is 0 Å². The van der Waals surface area contributed by atoms with E-state index in [1.807, 2.05) is 0 Å². The molecule has 0 heteroatoms. The molecule has 0 radical (unpaired) electrons. The Morgan fingerprint density at radius 3 is 2.50 bits per heavy atom. The average molecular weight is 270 g/mol. The Kier molecular flexibility index (Phi) is 3.75. The predicted octanol–water partition coefficient (Wildman–Crippen LogP) is 5.75. The average Bonchev–Trinajstić information content (AvgIpc) is 3.09. The van der Waals surface area contributed by atoms with Gasteiger partial charge >= 0.3 is 0 Å². The predicted molar refractivity (Wildman–Crippen MR) is 85.4 cm³/mol. The largest absolute Gasteiger partial charge is 0.0808 e. The standard InChI is InChI=1S/C20H30/c1-3-7-19-15(5-1)9-11-17(19)13-14-18-12-10-16-6-2-4-8-20(16)18/h1,3,5,7,15-20H,2,4,6,8-14H2/t15?,16?,17-,18?,19?,20?/m1/s1. The summed E-state index contributed by atoms with van der Waals surface area (Å²) in [4.78, 5) is 0. The van der Waals surface area contributed by atoms with E-state index in [9.17, 15) is 0 Å². The van der Waals surface area contributed by atoms with Crippen LogP contribution in [0, 0.1) is 35.5 Å². The van der Waals surface area contributed by atoms with Crippen molar-refractivity contribution in [3.05, 3.63) is 24.3 Å². The molecule has 6 atom stereocenters. The van der Waals surface area contributed by atoms with Crippen LogP contribution in [0.5, 0.6) is 0 Å². The molecule has 4 rings (SSSR count). The van der Waals surface area contributed by atoms with Gasteiger partial charge in [0.2, 0.25) is 0 Å².